The van der Waals surface area contributed by atoms with Crippen molar-refractivity contribution in [2.45, 2.75) is 6.54 Å². The first-order valence-corrected chi connectivity index (χ1v) is 8.31. The fourth-order valence-corrected chi connectivity index (χ4v) is 2.73. The number of para-hydroxylation sites is 1. The number of anilines is 1. The van der Waals surface area contributed by atoms with Gasteiger partial charge in [0.15, 0.2) is 11.5 Å². The SMILES string of the molecule is COc1cccc(NC(=O)NCc2cc(-c3ccncc3)n(C)n2)c1OC. The molecular weight excluding hydrogens is 346 g/mol. The smallest absolute Gasteiger partial charge is 0.319 e. The van der Waals surface area contributed by atoms with Crippen molar-refractivity contribution < 1.29 is 14.3 Å². The Kier molecular flexibility index (Phi) is 5.55. The van der Waals surface area contributed by atoms with Crippen LogP contribution in [0.5, 0.6) is 11.5 Å². The molecule has 27 heavy (non-hydrogen) atoms. The minimum Gasteiger partial charge on any atom is -0.493 e. The Morgan fingerprint density at radius 1 is 1.15 bits per heavy atom. The van der Waals surface area contributed by atoms with Crippen molar-refractivity contribution in [1.29, 1.82) is 0 Å². The van der Waals surface area contributed by atoms with Crippen LogP contribution in [0.4, 0.5) is 10.5 Å². The second-order valence-corrected chi connectivity index (χ2v) is 5.73. The van der Waals surface area contributed by atoms with Crippen LogP contribution in [0, 0.1) is 0 Å². The van der Waals surface area contributed by atoms with Gasteiger partial charge in [-0.3, -0.25) is 9.67 Å². The first-order chi connectivity index (χ1) is 13.1. The average molecular weight is 367 g/mol. The Balaban J connectivity index is 1.65. The van der Waals surface area contributed by atoms with Gasteiger partial charge in [-0.2, -0.15) is 5.10 Å². The molecule has 2 aromatic heterocycles. The number of pyridine rings is 1. The molecule has 0 saturated heterocycles. The van der Waals surface area contributed by atoms with E-state index in [1.54, 1.807) is 42.4 Å². The van der Waals surface area contributed by atoms with Gasteiger partial charge in [0.2, 0.25) is 0 Å². The molecule has 2 N–H and O–H groups in total. The summed E-state index contributed by atoms with van der Waals surface area (Å²) in [5.74, 6) is 1.01. The fraction of sp³-hybridized carbons (Fsp3) is 0.211. The fourth-order valence-electron chi connectivity index (χ4n) is 2.73. The summed E-state index contributed by atoms with van der Waals surface area (Å²) in [5, 5.41) is 9.99. The van der Waals surface area contributed by atoms with Crippen molar-refractivity contribution in [2.24, 2.45) is 7.05 Å². The molecule has 8 nitrogen and oxygen atoms in total. The van der Waals surface area contributed by atoms with E-state index in [0.717, 1.165) is 17.0 Å². The van der Waals surface area contributed by atoms with E-state index in [1.807, 2.05) is 25.2 Å². The Morgan fingerprint density at radius 2 is 1.93 bits per heavy atom. The largest absolute Gasteiger partial charge is 0.493 e. The number of methoxy groups -OCH3 is 2. The summed E-state index contributed by atoms with van der Waals surface area (Å²) in [6.45, 7) is 0.289. The molecule has 0 bridgehead atoms. The predicted molar refractivity (Wildman–Crippen MR) is 102 cm³/mol. The lowest BCUT2D eigenvalue weighted by Gasteiger charge is -2.13. The van der Waals surface area contributed by atoms with Crippen LogP contribution in [0.1, 0.15) is 5.69 Å². The van der Waals surface area contributed by atoms with Crippen LogP contribution in [0.3, 0.4) is 0 Å². The summed E-state index contributed by atoms with van der Waals surface area (Å²) in [5.41, 5.74) is 3.23. The second kappa shape index (κ2) is 8.22. The maximum absolute atomic E-state index is 12.3. The number of nitrogens with zero attached hydrogens (tertiary/aromatic N) is 3. The van der Waals surface area contributed by atoms with E-state index in [2.05, 4.69) is 20.7 Å². The van der Waals surface area contributed by atoms with Crippen molar-refractivity contribution in [2.75, 3.05) is 19.5 Å². The normalized spacial score (nSPS) is 10.3. The van der Waals surface area contributed by atoms with Crippen LogP contribution in [0.25, 0.3) is 11.3 Å². The molecule has 3 rings (SSSR count). The minimum absolute atomic E-state index is 0.289. The third-order valence-electron chi connectivity index (χ3n) is 3.99. The maximum Gasteiger partial charge on any atom is 0.319 e. The zero-order valence-electron chi connectivity index (χ0n) is 15.4. The van der Waals surface area contributed by atoms with Gasteiger partial charge >= 0.3 is 6.03 Å². The lowest BCUT2D eigenvalue weighted by atomic mass is 10.2. The number of amides is 2. The van der Waals surface area contributed by atoms with E-state index in [1.165, 1.54) is 7.11 Å². The minimum atomic E-state index is -0.363. The number of benzene rings is 1. The number of carbonyl (C=O) groups excluding carboxylic acids is 1. The zero-order valence-corrected chi connectivity index (χ0v) is 15.4. The standard InChI is InChI=1S/C19H21N5O3/c1-24-16(13-7-9-20-10-8-13)11-14(23-24)12-21-19(25)22-15-5-4-6-17(26-2)18(15)27-3/h4-11H,12H2,1-3H3,(H2,21,22,25). The summed E-state index contributed by atoms with van der Waals surface area (Å²) < 4.78 is 12.3. The van der Waals surface area contributed by atoms with Crippen LogP contribution >= 0.6 is 0 Å². The molecule has 0 aliphatic carbocycles. The van der Waals surface area contributed by atoms with Crippen LogP contribution in [0.15, 0.2) is 48.8 Å². The van der Waals surface area contributed by atoms with Crippen molar-refractivity contribution >= 4 is 11.7 Å². The number of hydrogen-bond donors (Lipinski definition) is 2. The van der Waals surface area contributed by atoms with Gasteiger partial charge in [-0.05, 0) is 30.3 Å². The predicted octanol–water partition coefficient (Wildman–Crippen LogP) is 2.82. The van der Waals surface area contributed by atoms with E-state index < -0.39 is 0 Å². The molecule has 2 amide bonds. The summed E-state index contributed by atoms with van der Waals surface area (Å²) in [6.07, 6.45) is 3.46. The zero-order chi connectivity index (χ0) is 19.2. The summed E-state index contributed by atoms with van der Waals surface area (Å²) in [7, 11) is 4.93. The molecule has 0 fully saturated rings. The van der Waals surface area contributed by atoms with Gasteiger partial charge in [-0.1, -0.05) is 6.07 Å². The van der Waals surface area contributed by atoms with Crippen molar-refractivity contribution in [3.8, 4) is 22.8 Å². The van der Waals surface area contributed by atoms with Crippen LogP contribution < -0.4 is 20.1 Å². The van der Waals surface area contributed by atoms with Gasteiger partial charge in [0.05, 0.1) is 37.8 Å². The van der Waals surface area contributed by atoms with Gasteiger partial charge in [0.1, 0.15) is 0 Å². The molecular formula is C19H21N5O3. The molecule has 0 saturated carbocycles. The van der Waals surface area contributed by atoms with Gasteiger partial charge in [0.25, 0.3) is 0 Å². The van der Waals surface area contributed by atoms with Gasteiger partial charge in [-0.15, -0.1) is 0 Å². The Morgan fingerprint density at radius 3 is 2.63 bits per heavy atom. The molecule has 0 atom stereocenters. The topological polar surface area (TPSA) is 90.3 Å². The second-order valence-electron chi connectivity index (χ2n) is 5.73. The van der Waals surface area contributed by atoms with E-state index in [4.69, 9.17) is 9.47 Å². The molecule has 0 aliphatic rings. The summed E-state index contributed by atoms with van der Waals surface area (Å²) >= 11 is 0. The van der Waals surface area contributed by atoms with Crippen molar-refractivity contribution in [3.63, 3.8) is 0 Å². The summed E-state index contributed by atoms with van der Waals surface area (Å²) in [4.78, 5) is 16.3. The lowest BCUT2D eigenvalue weighted by Crippen LogP contribution is -2.28. The quantitative estimate of drug-likeness (QED) is 0.699. The first kappa shape index (κ1) is 18.2. The highest BCUT2D eigenvalue weighted by Gasteiger charge is 2.13. The van der Waals surface area contributed by atoms with Crippen LogP contribution in [0.2, 0.25) is 0 Å². The number of carbonyl (C=O) groups is 1. The van der Waals surface area contributed by atoms with Crippen LogP contribution in [-0.4, -0.2) is 35.0 Å². The van der Waals surface area contributed by atoms with Gasteiger partial charge < -0.3 is 20.1 Å². The number of nitrogens with one attached hydrogen (secondary N) is 2. The number of hydrogen-bond acceptors (Lipinski definition) is 5. The number of rotatable bonds is 6. The number of ether oxygens (including phenoxy) is 2. The third kappa shape index (κ3) is 4.17. The number of urea groups is 1. The molecule has 3 aromatic rings. The molecule has 0 radical (unpaired) electrons. The lowest BCUT2D eigenvalue weighted by molar-refractivity contribution is 0.251. The molecule has 0 unspecified atom stereocenters. The molecule has 0 aliphatic heterocycles. The van der Waals surface area contributed by atoms with Gasteiger partial charge in [0, 0.05) is 25.0 Å². The van der Waals surface area contributed by atoms with Gasteiger partial charge in [-0.25, -0.2) is 4.79 Å². The average Bonchev–Trinajstić information content (AvgIpc) is 3.07. The molecule has 0 spiro atoms. The molecule has 2 heterocycles. The Hall–Kier alpha value is -3.55. The van der Waals surface area contributed by atoms with E-state index in [9.17, 15) is 4.79 Å². The van der Waals surface area contributed by atoms with E-state index >= 15 is 0 Å². The van der Waals surface area contributed by atoms with E-state index in [0.29, 0.717) is 17.2 Å². The highest BCUT2D eigenvalue weighted by atomic mass is 16.5. The summed E-state index contributed by atoms with van der Waals surface area (Å²) in [6, 6.07) is 10.7. The van der Waals surface area contributed by atoms with Crippen molar-refractivity contribution in [3.05, 3.63) is 54.5 Å². The van der Waals surface area contributed by atoms with Crippen molar-refractivity contribution in [1.82, 2.24) is 20.1 Å². The van der Waals surface area contributed by atoms with Crippen LogP contribution in [-0.2, 0) is 13.6 Å². The number of aromatic nitrogens is 3. The highest BCUT2D eigenvalue weighted by molar-refractivity contribution is 5.91. The Labute approximate surface area is 157 Å². The molecule has 1 aromatic carbocycles. The maximum atomic E-state index is 12.3. The number of aryl methyl sites for hydroxylation is 1. The monoisotopic (exact) mass is 367 g/mol. The molecule has 140 valence electrons. The highest BCUT2D eigenvalue weighted by Crippen LogP contribution is 2.34. The molecule has 8 heteroatoms. The Bertz CT molecular complexity index is 924. The first-order valence-electron chi connectivity index (χ1n) is 8.31. The van der Waals surface area contributed by atoms with E-state index in [-0.39, 0.29) is 12.6 Å². The third-order valence-corrected chi connectivity index (χ3v) is 3.99.